The van der Waals surface area contributed by atoms with Crippen LogP contribution in [0.4, 0.5) is 5.69 Å². The fourth-order valence-electron chi connectivity index (χ4n) is 4.80. The van der Waals surface area contributed by atoms with Gasteiger partial charge in [-0.15, -0.1) is 0 Å². The molecule has 0 aliphatic carbocycles. The van der Waals surface area contributed by atoms with Gasteiger partial charge in [-0.2, -0.15) is 0 Å². The van der Waals surface area contributed by atoms with Crippen molar-refractivity contribution in [1.82, 2.24) is 16.0 Å². The summed E-state index contributed by atoms with van der Waals surface area (Å²) in [5, 5.41) is 9.31. The average molecular weight is 585 g/mol. The van der Waals surface area contributed by atoms with E-state index < -0.39 is 11.0 Å². The predicted octanol–water partition coefficient (Wildman–Crippen LogP) is 5.33. The van der Waals surface area contributed by atoms with Crippen LogP contribution in [0.5, 0.6) is 0 Å². The normalized spacial score (nSPS) is 12.7. The first-order valence-corrected chi connectivity index (χ1v) is 16.8. The number of anilines is 1. The van der Waals surface area contributed by atoms with Gasteiger partial charge in [-0.1, -0.05) is 63.9 Å². The molecular weight excluding hydrogens is 532 g/mol. The molecular formula is C33H52N4O3S. The highest BCUT2D eigenvalue weighted by Gasteiger charge is 2.18. The molecule has 3 N–H and O–H groups in total. The number of carbonyl (C=O) groups is 2. The van der Waals surface area contributed by atoms with E-state index in [4.69, 9.17) is 0 Å². The lowest BCUT2D eigenvalue weighted by molar-refractivity contribution is -0.123. The van der Waals surface area contributed by atoms with Crippen LogP contribution in [-0.4, -0.2) is 54.5 Å². The molecule has 228 valence electrons. The van der Waals surface area contributed by atoms with Gasteiger partial charge in [0.15, 0.2) is 0 Å². The summed E-state index contributed by atoms with van der Waals surface area (Å²) in [6.07, 6.45) is 8.11. The Balaban J connectivity index is 2.04. The lowest BCUT2D eigenvalue weighted by Crippen LogP contribution is -2.47. The van der Waals surface area contributed by atoms with Crippen molar-refractivity contribution in [3.63, 3.8) is 0 Å². The second-order valence-electron chi connectivity index (χ2n) is 11.3. The zero-order valence-electron chi connectivity index (χ0n) is 26.1. The molecule has 0 aromatic heterocycles. The van der Waals surface area contributed by atoms with Crippen molar-refractivity contribution in [2.24, 2.45) is 5.92 Å². The summed E-state index contributed by atoms with van der Waals surface area (Å²) in [6.45, 7) is 12.6. The summed E-state index contributed by atoms with van der Waals surface area (Å²) in [5.41, 5.74) is 5.09. The van der Waals surface area contributed by atoms with Gasteiger partial charge in [0.05, 0.1) is 11.7 Å². The maximum Gasteiger partial charge on any atom is 0.251 e. The van der Waals surface area contributed by atoms with Gasteiger partial charge >= 0.3 is 0 Å². The van der Waals surface area contributed by atoms with Gasteiger partial charge in [0.25, 0.3) is 5.91 Å². The van der Waals surface area contributed by atoms with Gasteiger partial charge in [-0.05, 0) is 80.7 Å². The monoisotopic (exact) mass is 584 g/mol. The Hall–Kier alpha value is -2.71. The van der Waals surface area contributed by atoms with E-state index in [1.54, 1.807) is 6.26 Å². The predicted molar refractivity (Wildman–Crippen MR) is 173 cm³/mol. The fourth-order valence-corrected chi connectivity index (χ4v) is 5.64. The minimum atomic E-state index is -1.19. The SMILES string of the molecule is CCC[C@H](NCCNC(=O)c1cc(CCCCc2cccc(C)c2)cc(N(CCC)S(C)=O)c1)C(=O)NCC(C)C. The van der Waals surface area contributed by atoms with Gasteiger partial charge in [0.1, 0.15) is 11.0 Å². The lowest BCUT2D eigenvalue weighted by Gasteiger charge is -2.22. The van der Waals surface area contributed by atoms with Crippen molar-refractivity contribution in [2.45, 2.75) is 85.6 Å². The number of nitrogens with zero attached hydrogens (tertiary/aromatic N) is 1. The largest absolute Gasteiger partial charge is 0.354 e. The number of hydrogen-bond acceptors (Lipinski definition) is 4. The molecule has 0 heterocycles. The number of amides is 2. The third-order valence-electron chi connectivity index (χ3n) is 6.91. The molecule has 0 saturated heterocycles. The zero-order valence-corrected chi connectivity index (χ0v) is 26.9. The van der Waals surface area contributed by atoms with Crippen LogP contribution < -0.4 is 20.3 Å². The zero-order chi connectivity index (χ0) is 30.2. The Morgan fingerprint density at radius 3 is 2.29 bits per heavy atom. The van der Waals surface area contributed by atoms with Crippen molar-refractivity contribution < 1.29 is 13.8 Å². The summed E-state index contributed by atoms with van der Waals surface area (Å²) in [4.78, 5) is 25.8. The summed E-state index contributed by atoms with van der Waals surface area (Å²) in [6, 6.07) is 14.2. The van der Waals surface area contributed by atoms with E-state index >= 15 is 0 Å². The minimum absolute atomic E-state index is 0.00944. The molecule has 8 heteroatoms. The van der Waals surface area contributed by atoms with E-state index in [9.17, 15) is 13.8 Å². The third-order valence-corrected chi connectivity index (χ3v) is 7.92. The molecule has 41 heavy (non-hydrogen) atoms. The van der Waals surface area contributed by atoms with Gasteiger partial charge in [0.2, 0.25) is 5.91 Å². The quantitative estimate of drug-likeness (QED) is 0.195. The summed E-state index contributed by atoms with van der Waals surface area (Å²) in [7, 11) is -1.19. The van der Waals surface area contributed by atoms with E-state index in [0.29, 0.717) is 37.7 Å². The first-order chi connectivity index (χ1) is 19.6. The Morgan fingerprint density at radius 2 is 1.66 bits per heavy atom. The number of carbonyl (C=O) groups excluding carboxylic acids is 2. The molecule has 0 spiro atoms. The molecule has 2 aromatic carbocycles. The minimum Gasteiger partial charge on any atom is -0.354 e. The van der Waals surface area contributed by atoms with Crippen LogP contribution >= 0.6 is 0 Å². The molecule has 1 unspecified atom stereocenters. The number of aryl methyl sites for hydroxylation is 3. The molecule has 7 nitrogen and oxygen atoms in total. The summed E-state index contributed by atoms with van der Waals surface area (Å²) in [5.74, 6) is 0.243. The van der Waals surface area contributed by atoms with E-state index in [1.807, 2.05) is 16.4 Å². The standard InChI is InChI=1S/C33H52N4O3S/c1-7-12-31(33(39)36-24-25(3)4)34-17-18-35-32(38)29-21-28(22-30(23-29)37(19-8-2)41(6)40)15-10-9-14-27-16-11-13-26(5)20-27/h11,13,16,20-23,25,31,34H,7-10,12,14-15,17-19,24H2,1-6H3,(H,35,38)(H,36,39)/t31-,41?/m0/s1. The highest BCUT2D eigenvalue weighted by molar-refractivity contribution is 7.85. The number of nitrogens with one attached hydrogen (secondary N) is 3. The number of rotatable bonds is 19. The van der Waals surface area contributed by atoms with Crippen molar-refractivity contribution in [1.29, 1.82) is 0 Å². The smallest absolute Gasteiger partial charge is 0.251 e. The maximum atomic E-state index is 13.2. The Morgan fingerprint density at radius 1 is 0.927 bits per heavy atom. The molecule has 0 aliphatic rings. The maximum absolute atomic E-state index is 13.2. The second-order valence-corrected chi connectivity index (χ2v) is 12.6. The van der Waals surface area contributed by atoms with Crippen LogP contribution in [0.2, 0.25) is 0 Å². The molecule has 0 bridgehead atoms. The molecule has 0 aliphatic heterocycles. The van der Waals surface area contributed by atoms with Gasteiger partial charge < -0.3 is 16.0 Å². The Labute approximate surface area is 250 Å². The van der Waals surface area contributed by atoms with Crippen LogP contribution in [0.3, 0.4) is 0 Å². The molecule has 2 rings (SSSR count). The molecule has 0 radical (unpaired) electrons. The van der Waals surface area contributed by atoms with Crippen LogP contribution in [0.15, 0.2) is 42.5 Å². The molecule has 0 fully saturated rings. The van der Waals surface area contributed by atoms with E-state index in [0.717, 1.165) is 56.2 Å². The molecule has 2 atom stereocenters. The van der Waals surface area contributed by atoms with Crippen LogP contribution in [0, 0.1) is 12.8 Å². The average Bonchev–Trinajstić information content (AvgIpc) is 2.94. The molecule has 0 saturated carbocycles. The molecule has 2 aromatic rings. The van der Waals surface area contributed by atoms with Crippen molar-refractivity contribution in [3.05, 3.63) is 64.7 Å². The first kappa shape index (κ1) is 34.5. The fraction of sp³-hybridized carbons (Fsp3) is 0.576. The third kappa shape index (κ3) is 12.8. The lowest BCUT2D eigenvalue weighted by atomic mass is 10.0. The Bertz CT molecular complexity index is 1120. The van der Waals surface area contributed by atoms with Gasteiger partial charge in [-0.25, -0.2) is 4.21 Å². The van der Waals surface area contributed by atoms with Crippen molar-refractivity contribution in [3.8, 4) is 0 Å². The Kier molecular flexibility index (Phi) is 15.7. The molecule has 2 amide bonds. The topological polar surface area (TPSA) is 90.5 Å². The summed E-state index contributed by atoms with van der Waals surface area (Å²) < 4.78 is 14.4. The van der Waals surface area contributed by atoms with Crippen LogP contribution in [0.25, 0.3) is 0 Å². The van der Waals surface area contributed by atoms with Crippen molar-refractivity contribution >= 4 is 28.5 Å². The number of hydrogen-bond donors (Lipinski definition) is 3. The number of benzene rings is 2. The highest BCUT2D eigenvalue weighted by atomic mass is 32.2. The van der Waals surface area contributed by atoms with Gasteiger partial charge in [-0.3, -0.25) is 13.9 Å². The first-order valence-electron chi connectivity index (χ1n) is 15.2. The van der Waals surface area contributed by atoms with E-state index in [1.165, 1.54) is 11.1 Å². The van der Waals surface area contributed by atoms with E-state index in [2.05, 4.69) is 80.9 Å². The van der Waals surface area contributed by atoms with Crippen molar-refractivity contribution in [2.75, 3.05) is 36.7 Å². The second kappa shape index (κ2) is 18.7. The summed E-state index contributed by atoms with van der Waals surface area (Å²) >= 11 is 0. The van der Waals surface area contributed by atoms with Crippen LogP contribution in [0.1, 0.15) is 86.8 Å². The number of unbranched alkanes of at least 4 members (excludes halogenated alkanes) is 1. The van der Waals surface area contributed by atoms with Crippen LogP contribution in [-0.2, 0) is 28.6 Å². The van der Waals surface area contributed by atoms with Gasteiger partial charge in [0, 0.05) is 38.0 Å². The highest BCUT2D eigenvalue weighted by Crippen LogP contribution is 2.23. The van der Waals surface area contributed by atoms with E-state index in [-0.39, 0.29) is 17.9 Å².